The average molecular weight is 2390 g/mol. The topological polar surface area (TPSA) is 356 Å². The third kappa shape index (κ3) is 32.4. The number of hydrogen-bond donors (Lipinski definition) is 3. The van der Waals surface area contributed by atoms with E-state index in [1.54, 1.807) is 112 Å². The summed E-state index contributed by atoms with van der Waals surface area (Å²) in [6, 6.07) is 23.6. The first-order chi connectivity index (χ1) is 65.6. The molecule has 2 saturated heterocycles. The molecule has 0 saturated carbocycles. The van der Waals surface area contributed by atoms with E-state index in [1.807, 2.05) is 105 Å². The number of likely N-dealkylation sites (tertiary alicyclic amines) is 1. The summed E-state index contributed by atoms with van der Waals surface area (Å²) in [6.07, 6.45) is 4.30. The fourth-order valence-corrected chi connectivity index (χ4v) is 21.3. The van der Waals surface area contributed by atoms with Crippen LogP contribution in [0.5, 0.6) is 23.0 Å². The number of amidine groups is 1. The van der Waals surface area contributed by atoms with Crippen LogP contribution in [0.3, 0.4) is 0 Å². The zero-order chi connectivity index (χ0) is 102. The van der Waals surface area contributed by atoms with Crippen molar-refractivity contribution < 1.29 is 150 Å². The number of rotatable bonds is 9. The summed E-state index contributed by atoms with van der Waals surface area (Å²) < 4.78 is 151. The maximum absolute atomic E-state index is 13.9. The molecule has 52 heteroatoms. The number of fused-ring (bicyclic) bond motifs is 7. The third-order valence-electron chi connectivity index (χ3n) is 20.6. The van der Waals surface area contributed by atoms with Crippen molar-refractivity contribution in [1.82, 2.24) is 54.7 Å². The van der Waals surface area contributed by atoms with Gasteiger partial charge in [0.1, 0.15) is 46.1 Å². The number of thiophene rings is 6. The number of nitrogens with zero attached hydrogens (tertiary/aromatic N) is 12. The summed E-state index contributed by atoms with van der Waals surface area (Å²) in [5.41, 5.74) is 11.5. The molecule has 142 heavy (non-hydrogen) atoms. The number of ether oxygens (including phenoxy) is 5. The number of piperidine rings is 1. The fourth-order valence-electron chi connectivity index (χ4n) is 13.9. The van der Waals surface area contributed by atoms with Crippen molar-refractivity contribution in [2.75, 3.05) is 51.7 Å². The Kier molecular flexibility index (Phi) is 46.4. The van der Waals surface area contributed by atoms with Gasteiger partial charge in [-0.05, 0) is 250 Å². The molecule has 1 amide bonds. The summed E-state index contributed by atoms with van der Waals surface area (Å²) in [6.45, 7) is 28.5. The summed E-state index contributed by atoms with van der Waals surface area (Å²) in [4.78, 5) is 77.3. The van der Waals surface area contributed by atoms with Crippen molar-refractivity contribution in [3.63, 3.8) is 0 Å². The number of benzene rings is 4. The van der Waals surface area contributed by atoms with Crippen LogP contribution in [0.25, 0.3) is 73.3 Å². The SMILES string of the molecule is C.COc1cc(F)ccc1-c1c(C)sc2cnc(Cl)nc12.COc1cc(F)ccc1-c1c(C)sc2cnc(Nc3ccc(C4CCN(C(=O)OC(C)(C)C)CC4)c4c3OCC4)nc12.COc1cc(F)ccc1B1OC(C)(C)C(C)(C)O1.Cc1cc2c(s1)CN=C(Cl)N2.Cc1cc2nc(Cl)nc(Cl)c2s1.Cc1cc2nc(Cl)ncc2s1.Cc1sc2cnc(Cl)nc2c1I.O=C(O)C(F)(F)F.[B].[H-].[Na+].[O]=[Mn]=[O].[O]=[Mn]=[O]. The van der Waals surface area contributed by atoms with Crippen molar-refractivity contribution >= 4 is 267 Å². The molecule has 19 rings (SSSR count). The average Bonchev–Trinajstić information content (AvgIpc) is 1.63. The van der Waals surface area contributed by atoms with E-state index in [4.69, 9.17) is 133 Å². The van der Waals surface area contributed by atoms with Gasteiger partial charge in [0.2, 0.25) is 27.1 Å². The van der Waals surface area contributed by atoms with Crippen LogP contribution in [0.15, 0.2) is 115 Å². The number of carboxylic acid groups (broad SMARTS) is 1. The normalized spacial score (nSPS) is 13.4. The number of hydrogen-bond acceptors (Lipinski definition) is 32. The van der Waals surface area contributed by atoms with Gasteiger partial charge in [0.15, 0.2) is 10.4 Å². The van der Waals surface area contributed by atoms with Gasteiger partial charge >= 0.3 is 99.9 Å². The molecule has 0 atom stereocenters. The van der Waals surface area contributed by atoms with Gasteiger partial charge in [-0.25, -0.2) is 72.6 Å². The standard InChI is InChI=1S/C32H35FN4O4S.C14H10ClFN2OS.C13H18BFO3.C7H4Cl2N2S.C7H4ClIN2S.C7H7ClN2S.C7H5ClN2S.C2HF3O2.CH4.B.2Mn.Na.4O.H/c1-18-27(23-7-6-20(33)16-25(23)39-5)28-26(42-18)17-34-30(36-28)35-24-9-8-21(22-12-15-40-29(22)24)19-10-13-37(14-11-19)31(38)41-32(2,3)4;1-7-12(9-4-3-8(16)5-10(9)19-2)13-11(20-7)6-17-14(15)18-13;1-12(2)13(3,4)18-14(17-12)10-7-6-9(15)8-11(10)16-5;1-3-2-4-5(12-3)6(8)11-7(9)10-4;1-3-5(9)6-4(12-3)2-10-7(8)11-6;2*1-4-2-5-6(11-4)3-9-7(8)10-5;3-2(4,5)1(6)7;;;;;;;;;;/h6-9,16-17,19H,10-15H2,1-5H3,(H,34,35,36);3-6H,1-2H3;6-8H,1-5H3;2*2H,1H3;2H,3H2,1H3,(H,9,10);2-3H,1H3;(H,6,7);1H4;;;;;;;;;/q;;;;;;;;;;;;+1;;;;;-1. The van der Waals surface area contributed by atoms with Gasteiger partial charge in [0, 0.05) is 132 Å². The fraction of sp³-hybridized carbons (Fsp3) is 0.322. The molecule has 0 bridgehead atoms. The van der Waals surface area contributed by atoms with E-state index in [2.05, 4.69) is 109 Å². The van der Waals surface area contributed by atoms with Crippen LogP contribution in [-0.4, -0.2) is 157 Å². The van der Waals surface area contributed by atoms with Crippen LogP contribution in [-0.2, 0) is 76.8 Å². The zero-order valence-corrected chi connectivity index (χ0v) is 93.8. The van der Waals surface area contributed by atoms with Crippen molar-refractivity contribution in [3.05, 3.63) is 202 Å². The molecule has 15 aromatic rings. The number of aryl methyl sites for hydroxylation is 6. The van der Waals surface area contributed by atoms with Crippen molar-refractivity contribution in [2.45, 2.75) is 152 Å². The molecule has 4 aliphatic heterocycles. The van der Waals surface area contributed by atoms with Crippen LogP contribution in [0.1, 0.15) is 121 Å². The number of aliphatic carboxylic acids is 1. The first-order valence-corrected chi connectivity index (χ1v) is 51.1. The maximum atomic E-state index is 13.9. The summed E-state index contributed by atoms with van der Waals surface area (Å²) >= 11 is 43.6. The number of methoxy groups -OCH3 is 3. The molecule has 11 aromatic heterocycles. The number of carbonyl (C=O) groups is 2. The van der Waals surface area contributed by atoms with Gasteiger partial charge in [-0.2, -0.15) is 13.2 Å². The number of amides is 1. The van der Waals surface area contributed by atoms with E-state index in [1.165, 1.54) is 84.8 Å². The molecule has 3 radical (unpaired) electrons. The van der Waals surface area contributed by atoms with Crippen LogP contribution in [0.2, 0.25) is 26.3 Å². The molecule has 4 aliphatic rings. The Morgan fingerprint density at radius 2 is 1.07 bits per heavy atom. The molecule has 2 fully saturated rings. The van der Waals surface area contributed by atoms with Crippen LogP contribution < -0.4 is 64.6 Å². The van der Waals surface area contributed by atoms with Crippen LogP contribution >= 0.6 is 160 Å². The van der Waals surface area contributed by atoms with Gasteiger partial charge in [0.05, 0.1) is 118 Å². The number of aromatic nitrogens is 10. The first kappa shape index (κ1) is 121. The van der Waals surface area contributed by atoms with E-state index in [-0.39, 0.29) is 80.9 Å². The van der Waals surface area contributed by atoms with Gasteiger partial charge in [-0.1, -0.05) is 31.2 Å². The van der Waals surface area contributed by atoms with E-state index < -0.39 is 65.7 Å². The van der Waals surface area contributed by atoms with E-state index in [0.29, 0.717) is 75.3 Å². The molecule has 0 aliphatic carbocycles. The van der Waals surface area contributed by atoms with Gasteiger partial charge in [-0.3, -0.25) is 4.99 Å². The zero-order valence-electron chi connectivity index (χ0n) is 78.8. The predicted octanol–water partition coefficient (Wildman–Crippen LogP) is 23.5. The molecule has 15 heterocycles. The Balaban J connectivity index is 0.000000264. The van der Waals surface area contributed by atoms with E-state index >= 15 is 0 Å². The van der Waals surface area contributed by atoms with Crippen molar-refractivity contribution in [3.8, 4) is 45.3 Å². The number of nitrogens with one attached hydrogen (secondary N) is 2. The van der Waals surface area contributed by atoms with Crippen LogP contribution in [0.4, 0.5) is 48.5 Å². The Labute approximate surface area is 918 Å². The molecule has 3 N–H and O–H groups in total. The molecular formula is C90H89B2Cl6F6IMn2N14NaO14S6. The van der Waals surface area contributed by atoms with Crippen LogP contribution in [0, 0.1) is 62.6 Å². The number of anilines is 3. The quantitative estimate of drug-likeness (QED) is 0.0302. The van der Waals surface area contributed by atoms with Gasteiger partial charge in [0.25, 0.3) is 0 Å². The minimum absolute atomic E-state index is 0. The monoisotopic (exact) mass is 2390 g/mol. The van der Waals surface area contributed by atoms with Crippen molar-refractivity contribution in [2.24, 2.45) is 4.99 Å². The van der Waals surface area contributed by atoms with E-state index in [9.17, 15) is 31.1 Å². The Morgan fingerprint density at radius 1 is 0.606 bits per heavy atom. The molecule has 0 unspecified atom stereocenters. The number of halogens is 13. The second kappa shape index (κ2) is 54.3. The molecular weight excluding hydrogens is 2300 g/mol. The molecule has 0 spiro atoms. The summed E-state index contributed by atoms with van der Waals surface area (Å²) in [5.74, 6) is -0.763. The first-order valence-electron chi connectivity index (χ1n) is 40.9. The molecule has 4 aromatic carbocycles. The Hall–Kier alpha value is -7.67. The summed E-state index contributed by atoms with van der Waals surface area (Å²) in [5, 5.41) is 15.5. The molecule has 751 valence electrons. The second-order valence-corrected chi connectivity index (χ2v) is 42.9. The number of carbonyl (C=O) groups excluding carboxylic acids is 1. The number of aliphatic imine (C=N–C) groups is 1. The van der Waals surface area contributed by atoms with Gasteiger partial charge in [-0.15, -0.1) is 68.0 Å². The third-order valence-corrected chi connectivity index (χ3v) is 29.7. The summed E-state index contributed by atoms with van der Waals surface area (Å²) in [7, 11) is 4.03. The Morgan fingerprint density at radius 3 is 1.61 bits per heavy atom. The Bertz CT molecular complexity index is 7090. The number of carboxylic acids is 1. The van der Waals surface area contributed by atoms with E-state index in [0.717, 1.165) is 131 Å². The minimum atomic E-state index is -5.08. The number of alkyl halides is 3. The predicted molar refractivity (Wildman–Crippen MR) is 549 cm³/mol. The second-order valence-electron chi connectivity index (χ2n) is 31.7. The molecule has 28 nitrogen and oxygen atoms in total. The van der Waals surface area contributed by atoms with Gasteiger partial charge < -0.3 is 55.1 Å². The van der Waals surface area contributed by atoms with Crippen molar-refractivity contribution in [1.29, 1.82) is 0 Å².